The van der Waals surface area contributed by atoms with Gasteiger partial charge in [-0.15, -0.1) is 0 Å². The van der Waals surface area contributed by atoms with Crippen molar-refractivity contribution in [2.75, 3.05) is 32.7 Å². The van der Waals surface area contributed by atoms with Crippen LogP contribution in [0.25, 0.3) is 0 Å². The number of carbonyl (C=O) groups excluding carboxylic acids is 2. The quantitative estimate of drug-likeness (QED) is 0.836. The molecule has 1 aromatic rings. The SMILES string of the molecule is CC(=O)N1C[C@@H]2CC[C@H](C1)N(C(=O)c1ccc(CN3CCCC3)cc1)C2. The lowest BCUT2D eigenvalue weighted by atomic mass is 9.94. The molecule has 0 aliphatic carbocycles. The third kappa shape index (κ3) is 3.63. The number of hydrogen-bond acceptors (Lipinski definition) is 3. The van der Waals surface area contributed by atoms with E-state index in [1.165, 1.54) is 31.5 Å². The molecule has 4 heterocycles. The van der Waals surface area contributed by atoms with Crippen molar-refractivity contribution in [3.05, 3.63) is 35.4 Å². The van der Waals surface area contributed by atoms with Crippen molar-refractivity contribution in [2.45, 2.75) is 45.2 Å². The van der Waals surface area contributed by atoms with E-state index in [-0.39, 0.29) is 17.9 Å². The number of benzene rings is 1. The number of fused-ring (bicyclic) bond motifs is 4. The van der Waals surface area contributed by atoms with Gasteiger partial charge in [-0.2, -0.15) is 0 Å². The molecule has 1 aromatic carbocycles. The molecule has 26 heavy (non-hydrogen) atoms. The Labute approximate surface area is 155 Å². The fourth-order valence-electron chi connectivity index (χ4n) is 4.71. The Hall–Kier alpha value is -1.88. The van der Waals surface area contributed by atoms with E-state index in [1.807, 2.05) is 21.9 Å². The zero-order valence-electron chi connectivity index (χ0n) is 15.7. The first-order valence-corrected chi connectivity index (χ1v) is 9.98. The predicted molar refractivity (Wildman–Crippen MR) is 101 cm³/mol. The topological polar surface area (TPSA) is 43.9 Å². The Kier molecular flexibility index (Phi) is 4.98. The third-order valence-electron chi connectivity index (χ3n) is 6.23. The van der Waals surface area contributed by atoms with Crippen LogP contribution in [0.4, 0.5) is 0 Å². The molecular formula is C21H29N3O2. The maximum absolute atomic E-state index is 13.1. The molecule has 2 amide bonds. The van der Waals surface area contributed by atoms with Gasteiger partial charge in [0.1, 0.15) is 0 Å². The molecule has 2 bridgehead atoms. The predicted octanol–water partition coefficient (Wildman–Crippen LogP) is 2.37. The number of piperidine rings is 1. The molecule has 5 nitrogen and oxygen atoms in total. The van der Waals surface area contributed by atoms with Crippen LogP contribution in [0.5, 0.6) is 0 Å². The summed E-state index contributed by atoms with van der Waals surface area (Å²) in [5.74, 6) is 0.663. The zero-order valence-corrected chi connectivity index (χ0v) is 15.7. The van der Waals surface area contributed by atoms with E-state index in [0.717, 1.165) is 38.0 Å². The van der Waals surface area contributed by atoms with Crippen molar-refractivity contribution >= 4 is 11.8 Å². The Balaban J connectivity index is 1.44. The molecule has 2 atom stereocenters. The molecule has 4 saturated heterocycles. The minimum atomic E-state index is 0.123. The highest BCUT2D eigenvalue weighted by atomic mass is 16.2. The monoisotopic (exact) mass is 355 g/mol. The van der Waals surface area contributed by atoms with E-state index in [4.69, 9.17) is 0 Å². The van der Waals surface area contributed by atoms with E-state index in [9.17, 15) is 9.59 Å². The lowest BCUT2D eigenvalue weighted by Gasteiger charge is -2.36. The zero-order chi connectivity index (χ0) is 18.1. The van der Waals surface area contributed by atoms with Crippen LogP contribution in [0.3, 0.4) is 0 Å². The summed E-state index contributed by atoms with van der Waals surface area (Å²) >= 11 is 0. The molecule has 5 heteroatoms. The summed E-state index contributed by atoms with van der Waals surface area (Å²) in [4.78, 5) is 31.3. The normalized spacial score (nSPS) is 26.2. The lowest BCUT2D eigenvalue weighted by molar-refractivity contribution is -0.129. The van der Waals surface area contributed by atoms with Crippen LogP contribution in [0.2, 0.25) is 0 Å². The van der Waals surface area contributed by atoms with Gasteiger partial charge in [-0.1, -0.05) is 12.1 Å². The van der Waals surface area contributed by atoms with Crippen LogP contribution in [0.1, 0.15) is 48.5 Å². The number of amides is 2. The molecule has 4 fully saturated rings. The van der Waals surface area contributed by atoms with Crippen LogP contribution < -0.4 is 0 Å². The van der Waals surface area contributed by atoms with Gasteiger partial charge in [0.25, 0.3) is 5.91 Å². The van der Waals surface area contributed by atoms with Crippen LogP contribution >= 0.6 is 0 Å². The van der Waals surface area contributed by atoms with Crippen molar-refractivity contribution in [3.8, 4) is 0 Å². The van der Waals surface area contributed by atoms with Crippen LogP contribution in [-0.4, -0.2) is 65.3 Å². The van der Waals surface area contributed by atoms with Crippen molar-refractivity contribution in [1.82, 2.24) is 14.7 Å². The molecule has 0 N–H and O–H groups in total. The summed E-state index contributed by atoms with van der Waals surface area (Å²) in [6.07, 6.45) is 4.72. The highest BCUT2D eigenvalue weighted by molar-refractivity contribution is 5.94. The molecule has 0 unspecified atom stereocenters. The number of likely N-dealkylation sites (tertiary alicyclic amines) is 1. The summed E-state index contributed by atoms with van der Waals surface area (Å²) in [5, 5.41) is 0. The first-order valence-electron chi connectivity index (χ1n) is 9.98. The third-order valence-corrected chi connectivity index (χ3v) is 6.23. The average Bonchev–Trinajstić information content (AvgIpc) is 2.97. The number of carbonyl (C=O) groups is 2. The summed E-state index contributed by atoms with van der Waals surface area (Å²) in [5.41, 5.74) is 2.06. The smallest absolute Gasteiger partial charge is 0.254 e. The second-order valence-corrected chi connectivity index (χ2v) is 8.16. The van der Waals surface area contributed by atoms with E-state index in [0.29, 0.717) is 12.5 Å². The molecule has 0 spiro atoms. The lowest BCUT2D eigenvalue weighted by Crippen LogP contribution is -2.47. The van der Waals surface area contributed by atoms with Gasteiger partial charge in [-0.3, -0.25) is 14.5 Å². The van der Waals surface area contributed by atoms with E-state index in [2.05, 4.69) is 17.0 Å². The number of nitrogens with zero attached hydrogens (tertiary/aromatic N) is 3. The van der Waals surface area contributed by atoms with Gasteiger partial charge in [0.05, 0.1) is 0 Å². The van der Waals surface area contributed by atoms with E-state index < -0.39 is 0 Å². The number of hydrogen-bond donors (Lipinski definition) is 0. The Bertz CT molecular complexity index is 666. The Morgan fingerprint density at radius 3 is 2.42 bits per heavy atom. The maximum atomic E-state index is 13.1. The van der Waals surface area contributed by atoms with Gasteiger partial charge in [-0.25, -0.2) is 0 Å². The standard InChI is InChI=1S/C21H29N3O2/c1-16(25)23-13-18-6-9-20(15-23)24(14-18)21(26)19-7-4-17(5-8-19)12-22-10-2-3-11-22/h4-5,7-8,18,20H,2-3,6,9-15H2,1H3/t18-,20+/m0/s1. The van der Waals surface area contributed by atoms with E-state index in [1.54, 1.807) is 6.92 Å². The molecule has 4 aliphatic heterocycles. The second kappa shape index (κ2) is 7.39. The van der Waals surface area contributed by atoms with Gasteiger partial charge in [0, 0.05) is 44.7 Å². The Morgan fingerprint density at radius 1 is 1.00 bits per heavy atom. The van der Waals surface area contributed by atoms with Crippen LogP contribution in [0.15, 0.2) is 24.3 Å². The molecule has 0 radical (unpaired) electrons. The van der Waals surface area contributed by atoms with Crippen LogP contribution in [0, 0.1) is 5.92 Å². The van der Waals surface area contributed by atoms with Gasteiger partial charge >= 0.3 is 0 Å². The first kappa shape index (κ1) is 17.5. The van der Waals surface area contributed by atoms with Crippen LogP contribution in [-0.2, 0) is 11.3 Å². The summed E-state index contributed by atoms with van der Waals surface area (Å²) < 4.78 is 0. The molecule has 5 rings (SSSR count). The molecule has 140 valence electrons. The number of rotatable bonds is 3. The highest BCUT2D eigenvalue weighted by Gasteiger charge is 2.38. The molecule has 4 aliphatic rings. The fourth-order valence-corrected chi connectivity index (χ4v) is 4.71. The van der Waals surface area contributed by atoms with Gasteiger partial charge in [-0.05, 0) is 62.4 Å². The first-order chi connectivity index (χ1) is 12.6. The molecule has 0 aromatic heterocycles. The maximum Gasteiger partial charge on any atom is 0.254 e. The van der Waals surface area contributed by atoms with Gasteiger partial charge in [0.15, 0.2) is 0 Å². The van der Waals surface area contributed by atoms with Crippen molar-refractivity contribution in [1.29, 1.82) is 0 Å². The summed E-state index contributed by atoms with van der Waals surface area (Å²) in [7, 11) is 0. The average molecular weight is 355 g/mol. The van der Waals surface area contributed by atoms with E-state index >= 15 is 0 Å². The fraction of sp³-hybridized carbons (Fsp3) is 0.619. The largest absolute Gasteiger partial charge is 0.341 e. The highest BCUT2D eigenvalue weighted by Crippen LogP contribution is 2.29. The Morgan fingerprint density at radius 2 is 1.73 bits per heavy atom. The minimum absolute atomic E-state index is 0.123. The summed E-state index contributed by atoms with van der Waals surface area (Å²) in [6.45, 7) is 7.25. The van der Waals surface area contributed by atoms with Gasteiger partial charge in [0.2, 0.25) is 5.91 Å². The minimum Gasteiger partial charge on any atom is -0.341 e. The van der Waals surface area contributed by atoms with Gasteiger partial charge < -0.3 is 9.80 Å². The van der Waals surface area contributed by atoms with Crippen molar-refractivity contribution in [2.24, 2.45) is 5.92 Å². The molecular weight excluding hydrogens is 326 g/mol. The van der Waals surface area contributed by atoms with Crippen molar-refractivity contribution in [3.63, 3.8) is 0 Å². The molecule has 0 saturated carbocycles. The summed E-state index contributed by atoms with van der Waals surface area (Å²) in [6, 6.07) is 8.33. The van der Waals surface area contributed by atoms with Crippen molar-refractivity contribution < 1.29 is 9.59 Å². The second-order valence-electron chi connectivity index (χ2n) is 8.16.